The molecular formula is C18H18O6. The third-order valence-corrected chi connectivity index (χ3v) is 4.08. The van der Waals surface area contributed by atoms with Crippen LogP contribution in [0.4, 0.5) is 0 Å². The van der Waals surface area contributed by atoms with E-state index in [0.717, 1.165) is 11.1 Å². The van der Waals surface area contributed by atoms with Gasteiger partial charge in [-0.15, -0.1) is 0 Å². The van der Waals surface area contributed by atoms with Gasteiger partial charge in [0.2, 0.25) is 0 Å². The number of carbonyl (C=O) groups is 1. The van der Waals surface area contributed by atoms with E-state index >= 15 is 0 Å². The van der Waals surface area contributed by atoms with Crippen molar-refractivity contribution in [2.24, 2.45) is 0 Å². The second kappa shape index (κ2) is 6.31. The van der Waals surface area contributed by atoms with E-state index in [1.165, 1.54) is 14.2 Å². The summed E-state index contributed by atoms with van der Waals surface area (Å²) in [7, 11) is 4.57. The number of benzene rings is 2. The number of phenolic OH excluding ortho intramolecular Hbond substituents is 1. The first-order valence-electron chi connectivity index (χ1n) is 7.40. The fraction of sp³-hybridized carbons (Fsp3) is 0.278. The maximum absolute atomic E-state index is 12.0. The fourth-order valence-corrected chi connectivity index (χ4v) is 2.93. The van der Waals surface area contributed by atoms with Crippen LogP contribution in [0.25, 0.3) is 0 Å². The first-order valence-corrected chi connectivity index (χ1v) is 7.40. The fourth-order valence-electron chi connectivity index (χ4n) is 2.93. The number of rotatable bonds is 4. The van der Waals surface area contributed by atoms with Gasteiger partial charge in [-0.2, -0.15) is 0 Å². The van der Waals surface area contributed by atoms with Crippen molar-refractivity contribution in [1.29, 1.82) is 0 Å². The Labute approximate surface area is 139 Å². The molecule has 0 unspecified atom stereocenters. The molecule has 1 heterocycles. The molecule has 0 radical (unpaired) electrons. The predicted molar refractivity (Wildman–Crippen MR) is 86.3 cm³/mol. The lowest BCUT2D eigenvalue weighted by Crippen LogP contribution is -2.21. The van der Waals surface area contributed by atoms with Crippen LogP contribution in [0, 0.1) is 0 Å². The molecule has 0 bridgehead atoms. The highest BCUT2D eigenvalue weighted by Gasteiger charge is 2.32. The summed E-state index contributed by atoms with van der Waals surface area (Å²) in [5.41, 5.74) is 1.53. The molecule has 0 aromatic heterocycles. The molecule has 0 amide bonds. The highest BCUT2D eigenvalue weighted by Crippen LogP contribution is 2.47. The molecule has 6 heteroatoms. The smallest absolute Gasteiger partial charge is 0.312 e. The number of carbonyl (C=O) groups excluding carboxylic acids is 1. The number of ether oxygens (including phenoxy) is 4. The first-order chi connectivity index (χ1) is 11.6. The van der Waals surface area contributed by atoms with Gasteiger partial charge >= 0.3 is 5.97 Å². The summed E-state index contributed by atoms with van der Waals surface area (Å²) in [5.74, 6) is 1.26. The Kier molecular flexibility index (Phi) is 4.20. The monoisotopic (exact) mass is 330 g/mol. The van der Waals surface area contributed by atoms with Gasteiger partial charge < -0.3 is 24.1 Å². The molecule has 0 spiro atoms. The molecule has 126 valence electrons. The van der Waals surface area contributed by atoms with Crippen molar-refractivity contribution in [1.82, 2.24) is 0 Å². The quantitative estimate of drug-likeness (QED) is 0.686. The van der Waals surface area contributed by atoms with E-state index in [1.54, 1.807) is 31.4 Å². The first kappa shape index (κ1) is 16.0. The normalized spacial score (nSPS) is 16.1. The van der Waals surface area contributed by atoms with Crippen LogP contribution in [0.2, 0.25) is 0 Å². The summed E-state index contributed by atoms with van der Waals surface area (Å²) in [6.45, 7) is 0. The zero-order chi connectivity index (χ0) is 17.3. The molecule has 0 aliphatic carbocycles. The molecule has 1 aliphatic heterocycles. The Morgan fingerprint density at radius 2 is 1.79 bits per heavy atom. The van der Waals surface area contributed by atoms with E-state index < -0.39 is 0 Å². The van der Waals surface area contributed by atoms with Crippen molar-refractivity contribution < 1.29 is 28.8 Å². The van der Waals surface area contributed by atoms with Crippen molar-refractivity contribution in [3.8, 4) is 28.7 Å². The summed E-state index contributed by atoms with van der Waals surface area (Å²) in [6.07, 6.45) is 0.154. The zero-order valence-electron chi connectivity index (χ0n) is 13.7. The molecule has 24 heavy (non-hydrogen) atoms. The molecule has 1 aliphatic rings. The lowest BCUT2D eigenvalue weighted by atomic mass is 9.85. The molecule has 0 saturated heterocycles. The molecule has 0 saturated carbocycles. The Morgan fingerprint density at radius 1 is 1.04 bits per heavy atom. The minimum Gasteiger partial charge on any atom is -0.504 e. The molecule has 1 N–H and O–H groups in total. The second-order valence-electron chi connectivity index (χ2n) is 5.40. The molecule has 6 nitrogen and oxygen atoms in total. The number of aromatic hydroxyl groups is 1. The van der Waals surface area contributed by atoms with E-state index in [1.807, 2.05) is 6.07 Å². The standard InChI is InChI=1S/C18H18O6/c1-21-11-7-15(23-3)18-12(9-17(20)24-16(18)8-11)10-4-5-14(22-2)13(19)6-10/h4-8,12,19H,9H2,1-3H3/t12-/m1/s1. The molecule has 2 aromatic rings. The summed E-state index contributed by atoms with van der Waals surface area (Å²) < 4.78 is 21.1. The van der Waals surface area contributed by atoms with Crippen LogP contribution < -0.4 is 18.9 Å². The van der Waals surface area contributed by atoms with Crippen molar-refractivity contribution in [2.45, 2.75) is 12.3 Å². The number of hydrogen-bond donors (Lipinski definition) is 1. The van der Waals surface area contributed by atoms with E-state index in [0.29, 0.717) is 23.0 Å². The third kappa shape index (κ3) is 2.71. The highest BCUT2D eigenvalue weighted by molar-refractivity contribution is 5.79. The molecule has 0 fully saturated rings. The van der Waals surface area contributed by atoms with E-state index in [-0.39, 0.29) is 24.1 Å². The van der Waals surface area contributed by atoms with Crippen molar-refractivity contribution in [3.63, 3.8) is 0 Å². The lowest BCUT2D eigenvalue weighted by Gasteiger charge is -2.27. The maximum atomic E-state index is 12.0. The van der Waals surface area contributed by atoms with Gasteiger partial charge in [-0.3, -0.25) is 4.79 Å². The maximum Gasteiger partial charge on any atom is 0.312 e. The number of phenols is 1. The molecular weight excluding hydrogens is 312 g/mol. The van der Waals surface area contributed by atoms with E-state index in [9.17, 15) is 9.90 Å². The molecule has 2 aromatic carbocycles. The summed E-state index contributed by atoms with van der Waals surface area (Å²) in [6, 6.07) is 8.48. The second-order valence-corrected chi connectivity index (χ2v) is 5.40. The third-order valence-electron chi connectivity index (χ3n) is 4.08. The number of hydrogen-bond acceptors (Lipinski definition) is 6. The van der Waals surface area contributed by atoms with Gasteiger partial charge in [0.25, 0.3) is 0 Å². The van der Waals surface area contributed by atoms with Gasteiger partial charge in [-0.25, -0.2) is 0 Å². The Bertz CT molecular complexity index is 783. The minimum atomic E-state index is -0.349. The van der Waals surface area contributed by atoms with Gasteiger partial charge in [-0.1, -0.05) is 6.07 Å². The van der Waals surface area contributed by atoms with Crippen LogP contribution in [0.5, 0.6) is 28.7 Å². The Hall–Kier alpha value is -2.89. The van der Waals surface area contributed by atoms with Crippen LogP contribution in [0.3, 0.4) is 0 Å². The Balaban J connectivity index is 2.14. The van der Waals surface area contributed by atoms with Crippen LogP contribution in [0.1, 0.15) is 23.5 Å². The molecule has 1 atom stereocenters. The van der Waals surface area contributed by atoms with E-state index in [4.69, 9.17) is 18.9 Å². The average molecular weight is 330 g/mol. The molecule has 3 rings (SSSR count). The predicted octanol–water partition coefficient (Wildman–Crippen LogP) is 2.86. The van der Waals surface area contributed by atoms with Gasteiger partial charge in [0, 0.05) is 23.6 Å². The van der Waals surface area contributed by atoms with Crippen LogP contribution >= 0.6 is 0 Å². The van der Waals surface area contributed by atoms with Crippen LogP contribution in [0.15, 0.2) is 30.3 Å². The topological polar surface area (TPSA) is 74.2 Å². The van der Waals surface area contributed by atoms with Crippen molar-refractivity contribution >= 4 is 5.97 Å². The van der Waals surface area contributed by atoms with Gasteiger partial charge in [0.05, 0.1) is 27.8 Å². The minimum absolute atomic E-state index is 0.0166. The van der Waals surface area contributed by atoms with Gasteiger partial charge in [0.1, 0.15) is 17.2 Å². The van der Waals surface area contributed by atoms with Crippen molar-refractivity contribution in [3.05, 3.63) is 41.5 Å². The van der Waals surface area contributed by atoms with Crippen LogP contribution in [-0.2, 0) is 4.79 Å². The summed E-state index contributed by atoms with van der Waals surface area (Å²) in [5, 5.41) is 10.1. The number of methoxy groups -OCH3 is 3. The highest BCUT2D eigenvalue weighted by atomic mass is 16.5. The number of fused-ring (bicyclic) bond motifs is 1. The zero-order valence-corrected chi connectivity index (χ0v) is 13.7. The van der Waals surface area contributed by atoms with Crippen LogP contribution in [-0.4, -0.2) is 32.4 Å². The summed E-state index contributed by atoms with van der Waals surface area (Å²) in [4.78, 5) is 12.0. The summed E-state index contributed by atoms with van der Waals surface area (Å²) >= 11 is 0. The van der Waals surface area contributed by atoms with Crippen molar-refractivity contribution in [2.75, 3.05) is 21.3 Å². The lowest BCUT2D eigenvalue weighted by molar-refractivity contribution is -0.135. The van der Waals surface area contributed by atoms with Gasteiger partial charge in [-0.05, 0) is 17.7 Å². The number of esters is 1. The largest absolute Gasteiger partial charge is 0.504 e. The SMILES string of the molecule is COc1cc(OC)c2c(c1)OC(=O)C[C@@H]2c1ccc(OC)c(O)c1. The average Bonchev–Trinajstić information content (AvgIpc) is 2.59. The Morgan fingerprint density at radius 3 is 2.42 bits per heavy atom. The van der Waals surface area contributed by atoms with E-state index in [2.05, 4.69) is 0 Å². The van der Waals surface area contributed by atoms with Gasteiger partial charge in [0.15, 0.2) is 11.5 Å².